The molecule has 96 valence electrons. The number of carbonyl (C=O) groups is 1. The van der Waals surface area contributed by atoms with Crippen molar-refractivity contribution in [3.63, 3.8) is 0 Å². The molecule has 1 atom stereocenters. The van der Waals surface area contributed by atoms with Gasteiger partial charge in [-0.05, 0) is 19.1 Å². The van der Waals surface area contributed by atoms with Crippen molar-refractivity contribution < 1.29 is 4.79 Å². The Bertz CT molecular complexity index is 486. The number of carbonyl (C=O) groups excluding carboxylic acids is 1. The molecule has 0 radical (unpaired) electrons. The Morgan fingerprint density at radius 3 is 3.22 bits per heavy atom. The minimum atomic E-state index is -0.0561. The molecule has 2 heterocycles. The lowest BCUT2D eigenvalue weighted by atomic mass is 10.2. The first-order valence-corrected chi connectivity index (χ1v) is 6.82. The van der Waals surface area contributed by atoms with E-state index in [4.69, 9.17) is 5.73 Å². The first-order valence-electron chi connectivity index (χ1n) is 6.00. The SMILES string of the molecule is CC1C(=O)NCCN1Cc1ccc(C#CCN)s1. The highest BCUT2D eigenvalue weighted by molar-refractivity contribution is 7.12. The number of thiophene rings is 1. The molecule has 1 unspecified atom stereocenters. The first-order chi connectivity index (χ1) is 8.70. The number of nitrogens with zero attached hydrogens (tertiary/aromatic N) is 1. The van der Waals surface area contributed by atoms with Gasteiger partial charge >= 0.3 is 0 Å². The molecule has 0 spiro atoms. The molecule has 2 rings (SSSR count). The quantitative estimate of drug-likeness (QED) is 0.758. The summed E-state index contributed by atoms with van der Waals surface area (Å²) >= 11 is 1.67. The summed E-state index contributed by atoms with van der Waals surface area (Å²) in [5.74, 6) is 5.99. The highest BCUT2D eigenvalue weighted by atomic mass is 32.1. The minimum Gasteiger partial charge on any atom is -0.353 e. The number of rotatable bonds is 2. The topological polar surface area (TPSA) is 58.4 Å². The third-order valence-corrected chi connectivity index (χ3v) is 3.95. The molecule has 4 nitrogen and oxygen atoms in total. The summed E-state index contributed by atoms with van der Waals surface area (Å²) in [4.78, 5) is 16.0. The number of nitrogens with one attached hydrogen (secondary N) is 1. The van der Waals surface area contributed by atoms with Gasteiger partial charge in [0.25, 0.3) is 0 Å². The minimum absolute atomic E-state index is 0.0561. The Hall–Kier alpha value is -1.35. The molecule has 1 amide bonds. The van der Waals surface area contributed by atoms with Gasteiger partial charge in [-0.3, -0.25) is 9.69 Å². The van der Waals surface area contributed by atoms with Crippen LogP contribution in [0.3, 0.4) is 0 Å². The van der Waals surface area contributed by atoms with Gasteiger partial charge in [0, 0.05) is 24.5 Å². The molecule has 1 aromatic rings. The fourth-order valence-corrected chi connectivity index (χ4v) is 2.82. The van der Waals surface area contributed by atoms with E-state index < -0.39 is 0 Å². The Labute approximate surface area is 111 Å². The molecule has 0 saturated carbocycles. The van der Waals surface area contributed by atoms with Crippen molar-refractivity contribution in [1.29, 1.82) is 0 Å². The van der Waals surface area contributed by atoms with Crippen LogP contribution in [0.1, 0.15) is 16.7 Å². The maximum absolute atomic E-state index is 11.6. The Kier molecular flexibility index (Phi) is 4.37. The second kappa shape index (κ2) is 6.01. The highest BCUT2D eigenvalue weighted by Gasteiger charge is 2.25. The predicted octanol–water partition coefficient (Wildman–Crippen LogP) is 0.379. The van der Waals surface area contributed by atoms with Gasteiger partial charge < -0.3 is 11.1 Å². The second-order valence-corrected chi connectivity index (χ2v) is 5.38. The van der Waals surface area contributed by atoms with E-state index in [-0.39, 0.29) is 11.9 Å². The number of hydrogen-bond donors (Lipinski definition) is 2. The van der Waals surface area contributed by atoms with Crippen LogP contribution in [0.2, 0.25) is 0 Å². The fourth-order valence-electron chi connectivity index (χ4n) is 1.91. The maximum Gasteiger partial charge on any atom is 0.237 e. The monoisotopic (exact) mass is 263 g/mol. The molecule has 1 fully saturated rings. The van der Waals surface area contributed by atoms with Gasteiger partial charge in [0.1, 0.15) is 0 Å². The first kappa shape index (κ1) is 13.1. The van der Waals surface area contributed by atoms with E-state index in [9.17, 15) is 4.79 Å². The fraction of sp³-hybridized carbons (Fsp3) is 0.462. The van der Waals surface area contributed by atoms with Crippen molar-refractivity contribution in [3.05, 3.63) is 21.9 Å². The third-order valence-electron chi connectivity index (χ3n) is 2.96. The van der Waals surface area contributed by atoms with Crippen molar-refractivity contribution in [1.82, 2.24) is 10.2 Å². The summed E-state index contributed by atoms with van der Waals surface area (Å²) in [5.41, 5.74) is 5.34. The zero-order valence-electron chi connectivity index (χ0n) is 10.4. The Morgan fingerprint density at radius 1 is 1.61 bits per heavy atom. The Balaban J connectivity index is 2.00. The van der Waals surface area contributed by atoms with Gasteiger partial charge in [-0.15, -0.1) is 11.3 Å². The molecule has 0 aromatic carbocycles. The molecule has 3 N–H and O–H groups in total. The third kappa shape index (κ3) is 3.10. The zero-order chi connectivity index (χ0) is 13.0. The van der Waals surface area contributed by atoms with E-state index in [0.29, 0.717) is 6.54 Å². The second-order valence-electron chi connectivity index (χ2n) is 4.21. The molecule has 0 aliphatic carbocycles. The van der Waals surface area contributed by atoms with Crippen molar-refractivity contribution in [2.45, 2.75) is 19.5 Å². The molecule has 5 heteroatoms. The normalized spacial score (nSPS) is 20.1. The van der Waals surface area contributed by atoms with Crippen LogP contribution in [0.4, 0.5) is 0 Å². The van der Waals surface area contributed by atoms with Gasteiger partial charge in [0.05, 0.1) is 17.5 Å². The average Bonchev–Trinajstić information content (AvgIpc) is 2.80. The van der Waals surface area contributed by atoms with Gasteiger partial charge in [0.2, 0.25) is 5.91 Å². The predicted molar refractivity (Wildman–Crippen MR) is 73.1 cm³/mol. The van der Waals surface area contributed by atoms with Crippen LogP contribution in [0.15, 0.2) is 12.1 Å². The van der Waals surface area contributed by atoms with Crippen molar-refractivity contribution >= 4 is 17.2 Å². The van der Waals surface area contributed by atoms with Crippen LogP contribution in [-0.2, 0) is 11.3 Å². The van der Waals surface area contributed by atoms with Gasteiger partial charge in [-0.25, -0.2) is 0 Å². The molecule has 18 heavy (non-hydrogen) atoms. The van der Waals surface area contributed by atoms with E-state index in [2.05, 4.69) is 28.1 Å². The van der Waals surface area contributed by atoms with Crippen LogP contribution >= 0.6 is 11.3 Å². The summed E-state index contributed by atoms with van der Waals surface area (Å²) in [6, 6.07) is 4.03. The Morgan fingerprint density at radius 2 is 2.44 bits per heavy atom. The molecular formula is C13H17N3OS. The summed E-state index contributed by atoms with van der Waals surface area (Å²) in [7, 11) is 0. The molecule has 1 saturated heterocycles. The summed E-state index contributed by atoms with van der Waals surface area (Å²) < 4.78 is 0. The van der Waals surface area contributed by atoms with Crippen molar-refractivity contribution in [2.24, 2.45) is 5.73 Å². The van der Waals surface area contributed by atoms with E-state index in [1.807, 2.05) is 13.0 Å². The molecular weight excluding hydrogens is 246 g/mol. The van der Waals surface area contributed by atoms with Gasteiger partial charge in [-0.2, -0.15) is 0 Å². The standard InChI is InChI=1S/C13H17N3OS/c1-10-13(17)15-7-8-16(10)9-12-5-4-11(18-12)3-2-6-14/h4-5,10H,6-9,14H2,1H3,(H,15,17). The number of amides is 1. The highest BCUT2D eigenvalue weighted by Crippen LogP contribution is 2.19. The van der Waals surface area contributed by atoms with E-state index >= 15 is 0 Å². The van der Waals surface area contributed by atoms with Gasteiger partial charge in [-0.1, -0.05) is 11.8 Å². The van der Waals surface area contributed by atoms with Crippen molar-refractivity contribution in [3.8, 4) is 11.8 Å². The van der Waals surface area contributed by atoms with Gasteiger partial charge in [0.15, 0.2) is 0 Å². The maximum atomic E-state index is 11.6. The van der Waals surface area contributed by atoms with Crippen LogP contribution in [-0.4, -0.2) is 36.5 Å². The molecule has 1 aliphatic rings. The molecule has 1 aromatic heterocycles. The number of piperazine rings is 1. The van der Waals surface area contributed by atoms with Crippen LogP contribution in [0, 0.1) is 11.8 Å². The smallest absolute Gasteiger partial charge is 0.237 e. The number of nitrogens with two attached hydrogens (primary N) is 1. The molecule has 0 bridgehead atoms. The lowest BCUT2D eigenvalue weighted by Gasteiger charge is -2.32. The summed E-state index contributed by atoms with van der Waals surface area (Å²) in [6.07, 6.45) is 0. The van der Waals surface area contributed by atoms with Crippen LogP contribution in [0.25, 0.3) is 0 Å². The summed E-state index contributed by atoms with van der Waals surface area (Å²) in [5, 5.41) is 2.87. The number of hydrogen-bond acceptors (Lipinski definition) is 4. The van der Waals surface area contributed by atoms with Crippen LogP contribution < -0.4 is 11.1 Å². The van der Waals surface area contributed by atoms with Crippen LogP contribution in [0.5, 0.6) is 0 Å². The summed E-state index contributed by atoms with van der Waals surface area (Å²) in [6.45, 7) is 4.76. The lowest BCUT2D eigenvalue weighted by molar-refractivity contribution is -0.128. The zero-order valence-corrected chi connectivity index (χ0v) is 11.2. The lowest BCUT2D eigenvalue weighted by Crippen LogP contribution is -2.53. The molecule has 1 aliphatic heterocycles. The largest absolute Gasteiger partial charge is 0.353 e. The van der Waals surface area contributed by atoms with Crippen molar-refractivity contribution in [2.75, 3.05) is 19.6 Å². The van der Waals surface area contributed by atoms with E-state index in [1.54, 1.807) is 11.3 Å². The van der Waals surface area contributed by atoms with E-state index in [0.717, 1.165) is 24.5 Å². The van der Waals surface area contributed by atoms with E-state index in [1.165, 1.54) is 4.88 Å². The average molecular weight is 263 g/mol.